The van der Waals surface area contributed by atoms with E-state index in [2.05, 4.69) is 4.18 Å². The Morgan fingerprint density at radius 3 is 1.56 bits per heavy atom. The molecule has 166 valence electrons. The maximum Gasteiger partial charge on any atom is 0.523 e. The molecule has 12 heteroatoms. The van der Waals surface area contributed by atoms with E-state index in [-0.39, 0.29) is 12.2 Å². The van der Waals surface area contributed by atoms with Crippen LogP contribution in [0.25, 0.3) is 0 Å². The molecule has 0 spiro atoms. The molecule has 27 heavy (non-hydrogen) atoms. The molecule has 0 saturated heterocycles. The fraction of sp³-hybridized carbons (Fsp3) is 1.00. The Kier molecular flexibility index (Phi) is 12.1. The van der Waals surface area contributed by atoms with Crippen LogP contribution in [0.15, 0.2) is 0 Å². The third kappa shape index (κ3) is 16.1. The minimum Gasteiger partial charge on any atom is -0.388 e. The number of halogens is 5. The lowest BCUT2D eigenvalue weighted by atomic mass is 10.2. The molecule has 0 amide bonds. The quantitative estimate of drug-likeness (QED) is 0.361. The van der Waals surface area contributed by atoms with Gasteiger partial charge in [0.1, 0.15) is 25.6 Å². The third-order valence-electron chi connectivity index (χ3n) is 2.31. The van der Waals surface area contributed by atoms with Gasteiger partial charge in [0, 0.05) is 0 Å². The highest BCUT2D eigenvalue weighted by atomic mass is 32.2. The van der Waals surface area contributed by atoms with Gasteiger partial charge in [-0.3, -0.25) is 4.18 Å². The van der Waals surface area contributed by atoms with E-state index in [4.69, 9.17) is 14.6 Å². The number of hydrogen-bond acceptors (Lipinski definition) is 6. The van der Waals surface area contributed by atoms with E-state index in [1.54, 1.807) is 20.8 Å². The summed E-state index contributed by atoms with van der Waals surface area (Å²) in [5.74, 6) is 0. The molecule has 0 aliphatic carbocycles. The topological polar surface area (TPSA) is 82.1 Å². The number of aliphatic hydroxyl groups is 1. The molecule has 0 fully saturated rings. The van der Waals surface area contributed by atoms with Crippen LogP contribution in [-0.2, 0) is 23.8 Å². The second kappa shape index (κ2) is 11.4. The van der Waals surface area contributed by atoms with Gasteiger partial charge in [-0.25, -0.2) is 8.78 Å². The van der Waals surface area contributed by atoms with Gasteiger partial charge in [0.2, 0.25) is 0 Å². The minimum absolute atomic E-state index is 0.0694. The first-order chi connectivity index (χ1) is 11.8. The maximum atomic E-state index is 12.3. The van der Waals surface area contributed by atoms with Gasteiger partial charge in [0.15, 0.2) is 0 Å². The van der Waals surface area contributed by atoms with Crippen LogP contribution in [0.4, 0.5) is 22.0 Å². The molecule has 2 atom stereocenters. The summed E-state index contributed by atoms with van der Waals surface area (Å²) in [5.41, 5.74) is -6.60. The predicted molar refractivity (Wildman–Crippen MR) is 89.2 cm³/mol. The molecule has 0 unspecified atom stereocenters. The van der Waals surface area contributed by atoms with Crippen molar-refractivity contribution in [3.05, 3.63) is 0 Å². The van der Waals surface area contributed by atoms with E-state index >= 15 is 0 Å². The summed E-state index contributed by atoms with van der Waals surface area (Å²) in [7, 11) is -5.80. The predicted octanol–water partition coefficient (Wildman–Crippen LogP) is 3.14. The van der Waals surface area contributed by atoms with Crippen LogP contribution in [0.1, 0.15) is 41.5 Å². The van der Waals surface area contributed by atoms with Crippen LogP contribution in [0.3, 0.4) is 0 Å². The van der Waals surface area contributed by atoms with Crippen LogP contribution < -0.4 is 0 Å². The molecule has 0 aromatic rings. The highest BCUT2D eigenvalue weighted by Gasteiger charge is 2.48. The molecule has 0 aliphatic rings. The van der Waals surface area contributed by atoms with Crippen molar-refractivity contribution >= 4 is 10.1 Å². The summed E-state index contributed by atoms with van der Waals surface area (Å²) in [6.07, 6.45) is -2.78. The Labute approximate surface area is 157 Å². The maximum absolute atomic E-state index is 12.3. The van der Waals surface area contributed by atoms with Crippen molar-refractivity contribution in [2.75, 3.05) is 26.6 Å². The summed E-state index contributed by atoms with van der Waals surface area (Å²) >= 11 is 0. The first-order valence-corrected chi connectivity index (χ1v) is 9.33. The van der Waals surface area contributed by atoms with Gasteiger partial charge in [0.05, 0.1) is 24.4 Å². The molecule has 0 radical (unpaired) electrons. The lowest BCUT2D eigenvalue weighted by Crippen LogP contribution is -2.35. The van der Waals surface area contributed by atoms with Gasteiger partial charge in [-0.15, -0.1) is 0 Å². The molecule has 0 saturated carbocycles. The molecular formula is C15H29F5O6S. The van der Waals surface area contributed by atoms with E-state index in [1.165, 1.54) is 0 Å². The number of aliphatic hydroxyl groups excluding tert-OH is 1. The monoisotopic (exact) mass is 432 g/mol. The van der Waals surface area contributed by atoms with Crippen LogP contribution in [-0.4, -0.2) is 69.0 Å². The van der Waals surface area contributed by atoms with Crippen LogP contribution in [0.5, 0.6) is 0 Å². The van der Waals surface area contributed by atoms with Crippen LogP contribution in [0, 0.1) is 0 Å². The van der Waals surface area contributed by atoms with Crippen molar-refractivity contribution in [2.45, 2.75) is 70.5 Å². The van der Waals surface area contributed by atoms with Crippen molar-refractivity contribution < 1.29 is 49.1 Å². The largest absolute Gasteiger partial charge is 0.523 e. The van der Waals surface area contributed by atoms with Gasteiger partial charge in [-0.2, -0.15) is 21.6 Å². The first-order valence-electron chi connectivity index (χ1n) is 7.92. The highest BCUT2D eigenvalue weighted by molar-refractivity contribution is 7.87. The Hall–Kier alpha value is -0.560. The van der Waals surface area contributed by atoms with Gasteiger partial charge >= 0.3 is 15.6 Å². The summed E-state index contributed by atoms with van der Waals surface area (Å²) in [6, 6.07) is 0. The number of alkyl halides is 5. The van der Waals surface area contributed by atoms with E-state index < -0.39 is 53.4 Å². The Morgan fingerprint density at radius 2 is 1.26 bits per heavy atom. The average molecular weight is 432 g/mol. The SMILES string of the molecule is CC(C)(C)OC[C@@H](O)CF.CC(C)(C)OC[C@H](CF)OS(=O)(=O)C(F)(F)F. The minimum atomic E-state index is -5.80. The van der Waals surface area contributed by atoms with Gasteiger partial charge in [-0.05, 0) is 41.5 Å². The van der Waals surface area contributed by atoms with Crippen molar-refractivity contribution in [1.29, 1.82) is 0 Å². The van der Waals surface area contributed by atoms with Crippen LogP contribution in [0.2, 0.25) is 0 Å². The molecule has 0 rings (SSSR count). The van der Waals surface area contributed by atoms with Crippen molar-refractivity contribution in [2.24, 2.45) is 0 Å². The van der Waals surface area contributed by atoms with E-state index in [9.17, 15) is 30.4 Å². The molecule has 0 aromatic heterocycles. The highest BCUT2D eigenvalue weighted by Crippen LogP contribution is 2.26. The smallest absolute Gasteiger partial charge is 0.388 e. The first kappa shape index (κ1) is 28.6. The lowest BCUT2D eigenvalue weighted by molar-refractivity contribution is -0.0729. The third-order valence-corrected chi connectivity index (χ3v) is 3.40. The molecule has 1 N–H and O–H groups in total. The zero-order valence-electron chi connectivity index (χ0n) is 16.3. The zero-order valence-corrected chi connectivity index (χ0v) is 17.1. The molecule has 6 nitrogen and oxygen atoms in total. The van der Waals surface area contributed by atoms with Crippen LogP contribution >= 0.6 is 0 Å². The summed E-state index contributed by atoms with van der Waals surface area (Å²) in [6.45, 7) is 7.67. The molecule has 0 bridgehead atoms. The second-order valence-corrected chi connectivity index (χ2v) is 8.99. The van der Waals surface area contributed by atoms with Crippen molar-refractivity contribution in [1.82, 2.24) is 0 Å². The van der Waals surface area contributed by atoms with Crippen molar-refractivity contribution in [3.63, 3.8) is 0 Å². The van der Waals surface area contributed by atoms with Crippen molar-refractivity contribution in [3.8, 4) is 0 Å². The van der Waals surface area contributed by atoms with Gasteiger partial charge < -0.3 is 14.6 Å². The second-order valence-electron chi connectivity index (χ2n) is 7.43. The van der Waals surface area contributed by atoms with Gasteiger partial charge in [0.25, 0.3) is 0 Å². The fourth-order valence-electron chi connectivity index (χ4n) is 1.07. The van der Waals surface area contributed by atoms with E-state index in [0.29, 0.717) is 0 Å². The Balaban J connectivity index is 0. The van der Waals surface area contributed by atoms with E-state index in [1.807, 2.05) is 20.8 Å². The summed E-state index contributed by atoms with van der Waals surface area (Å²) in [4.78, 5) is 0. The van der Waals surface area contributed by atoms with Gasteiger partial charge in [-0.1, -0.05) is 0 Å². The Bertz CT molecular complexity index is 496. The number of ether oxygens (including phenoxy) is 2. The van der Waals surface area contributed by atoms with E-state index in [0.717, 1.165) is 0 Å². The fourth-order valence-corrected chi connectivity index (χ4v) is 1.64. The standard InChI is InChI=1S/C8H14F4O4S.C7H15FO2/c1-7(2,3)15-5-6(4-9)16-17(13,14)8(10,11)12;1-7(2,3)10-5-6(9)4-8/h6H,4-5H2,1-3H3;6,9H,4-5H2,1-3H3/t2*6-/m00/s1. The number of rotatable bonds is 8. The normalized spacial score (nSPS) is 15.7. The molecule has 0 aromatic carbocycles. The number of hydrogen-bond donors (Lipinski definition) is 1. The summed E-state index contributed by atoms with van der Waals surface area (Å²) < 4.78 is 94.6. The Morgan fingerprint density at radius 1 is 0.852 bits per heavy atom. The molecular weight excluding hydrogens is 403 g/mol. The average Bonchev–Trinajstić information content (AvgIpc) is 2.46. The summed E-state index contributed by atoms with van der Waals surface area (Å²) in [5, 5.41) is 8.72. The molecule has 0 aliphatic heterocycles. The lowest BCUT2D eigenvalue weighted by Gasteiger charge is -2.23. The zero-order chi connectivity index (χ0) is 22.1. The molecule has 0 heterocycles.